The topological polar surface area (TPSA) is 40.5 Å². The normalized spacial score (nSPS) is 14.8. The van der Waals surface area contributed by atoms with E-state index in [0.717, 1.165) is 12.8 Å². The van der Waals surface area contributed by atoms with Crippen LogP contribution in [0.1, 0.15) is 78.1 Å². The second kappa shape index (κ2) is 12.4. The Morgan fingerprint density at radius 3 is 1.76 bits per heavy atom. The van der Waals surface area contributed by atoms with E-state index >= 15 is 0 Å². The summed E-state index contributed by atoms with van der Waals surface area (Å²) in [5.41, 5.74) is 0. The molecule has 0 rings (SSSR count). The van der Waals surface area contributed by atoms with E-state index in [1.165, 1.54) is 51.4 Å². The molecule has 0 aromatic heterocycles. The lowest BCUT2D eigenvalue weighted by molar-refractivity contribution is 0.0383. The summed E-state index contributed by atoms with van der Waals surface area (Å²) < 4.78 is 0. The number of hydrogen-bond donors (Lipinski definition) is 2. The Hall–Kier alpha value is -0.0800. The standard InChI is InChI=1S/C15H32O2/c1-3-5-7-8-10-12-14(15(17)13-16)11-9-6-4-2/h14-17H,3-13H2,1-2H3. The Morgan fingerprint density at radius 2 is 1.24 bits per heavy atom. The van der Waals surface area contributed by atoms with Crippen molar-refractivity contribution in [3.8, 4) is 0 Å². The average Bonchev–Trinajstić information content (AvgIpc) is 2.35. The van der Waals surface area contributed by atoms with Gasteiger partial charge in [-0.1, -0.05) is 65.2 Å². The summed E-state index contributed by atoms with van der Waals surface area (Å²) in [6.45, 7) is 4.34. The molecule has 17 heavy (non-hydrogen) atoms. The molecule has 0 amide bonds. The second-order valence-corrected chi connectivity index (χ2v) is 5.21. The summed E-state index contributed by atoms with van der Waals surface area (Å²) in [4.78, 5) is 0. The lowest BCUT2D eigenvalue weighted by Gasteiger charge is -2.21. The van der Waals surface area contributed by atoms with Gasteiger partial charge in [0.25, 0.3) is 0 Å². The Morgan fingerprint density at radius 1 is 0.765 bits per heavy atom. The summed E-state index contributed by atoms with van der Waals surface area (Å²) in [7, 11) is 0. The highest BCUT2D eigenvalue weighted by atomic mass is 16.3. The fraction of sp³-hybridized carbons (Fsp3) is 1.00. The fourth-order valence-electron chi connectivity index (χ4n) is 2.34. The van der Waals surface area contributed by atoms with Gasteiger partial charge in [0.1, 0.15) is 0 Å². The first-order valence-electron chi connectivity index (χ1n) is 7.55. The Bertz CT molecular complexity index is 148. The summed E-state index contributed by atoms with van der Waals surface area (Å²) in [5, 5.41) is 18.8. The second-order valence-electron chi connectivity index (χ2n) is 5.21. The van der Waals surface area contributed by atoms with Crippen LogP contribution in [-0.4, -0.2) is 22.9 Å². The molecular formula is C15H32O2. The van der Waals surface area contributed by atoms with Gasteiger partial charge < -0.3 is 10.2 Å². The van der Waals surface area contributed by atoms with Crippen LogP contribution in [-0.2, 0) is 0 Å². The average molecular weight is 244 g/mol. The van der Waals surface area contributed by atoms with E-state index in [-0.39, 0.29) is 6.61 Å². The number of aliphatic hydroxyl groups excluding tert-OH is 2. The van der Waals surface area contributed by atoms with Crippen LogP contribution in [0, 0.1) is 5.92 Å². The van der Waals surface area contributed by atoms with Gasteiger partial charge >= 0.3 is 0 Å². The fourth-order valence-corrected chi connectivity index (χ4v) is 2.34. The summed E-state index contributed by atoms with van der Waals surface area (Å²) in [6.07, 6.45) is 11.7. The molecule has 2 nitrogen and oxygen atoms in total. The van der Waals surface area contributed by atoms with Crippen molar-refractivity contribution in [1.29, 1.82) is 0 Å². The number of rotatable bonds is 12. The molecule has 2 atom stereocenters. The molecule has 0 aromatic carbocycles. The number of unbranched alkanes of at least 4 members (excludes halogenated alkanes) is 6. The van der Waals surface area contributed by atoms with Crippen molar-refractivity contribution in [1.82, 2.24) is 0 Å². The third-order valence-electron chi connectivity index (χ3n) is 3.59. The van der Waals surface area contributed by atoms with Gasteiger partial charge in [-0.15, -0.1) is 0 Å². The van der Waals surface area contributed by atoms with Gasteiger partial charge in [0.05, 0.1) is 12.7 Å². The van der Waals surface area contributed by atoms with Crippen LogP contribution < -0.4 is 0 Å². The molecule has 0 aliphatic carbocycles. The van der Waals surface area contributed by atoms with Gasteiger partial charge in [-0.25, -0.2) is 0 Å². The number of aliphatic hydroxyl groups is 2. The van der Waals surface area contributed by atoms with Crippen molar-refractivity contribution < 1.29 is 10.2 Å². The van der Waals surface area contributed by atoms with E-state index < -0.39 is 6.10 Å². The first kappa shape index (κ1) is 16.9. The van der Waals surface area contributed by atoms with Crippen LogP contribution in [0.25, 0.3) is 0 Å². The minimum atomic E-state index is -0.502. The molecule has 0 saturated carbocycles. The van der Waals surface area contributed by atoms with Gasteiger partial charge in [-0.3, -0.25) is 0 Å². The maximum absolute atomic E-state index is 9.77. The predicted molar refractivity (Wildman–Crippen MR) is 74.1 cm³/mol. The lowest BCUT2D eigenvalue weighted by Crippen LogP contribution is -2.24. The highest BCUT2D eigenvalue weighted by Gasteiger charge is 2.17. The van der Waals surface area contributed by atoms with E-state index in [0.29, 0.717) is 5.92 Å². The molecule has 0 saturated heterocycles. The van der Waals surface area contributed by atoms with Gasteiger partial charge in [-0.2, -0.15) is 0 Å². The first-order chi connectivity index (χ1) is 8.26. The van der Waals surface area contributed by atoms with E-state index in [9.17, 15) is 5.11 Å². The Kier molecular flexibility index (Phi) is 12.3. The van der Waals surface area contributed by atoms with Gasteiger partial charge in [0.15, 0.2) is 0 Å². The largest absolute Gasteiger partial charge is 0.394 e. The quantitative estimate of drug-likeness (QED) is 0.511. The molecule has 0 aliphatic rings. The van der Waals surface area contributed by atoms with Crippen molar-refractivity contribution in [2.45, 2.75) is 84.2 Å². The van der Waals surface area contributed by atoms with Crippen LogP contribution in [0.15, 0.2) is 0 Å². The SMILES string of the molecule is CCCCCCCC(CCCCC)C(O)CO. The van der Waals surface area contributed by atoms with E-state index in [1.807, 2.05) is 0 Å². The molecule has 0 radical (unpaired) electrons. The zero-order valence-corrected chi connectivity index (χ0v) is 11.8. The summed E-state index contributed by atoms with van der Waals surface area (Å²) in [5.74, 6) is 0.313. The highest BCUT2D eigenvalue weighted by molar-refractivity contribution is 4.68. The van der Waals surface area contributed by atoms with E-state index in [1.54, 1.807) is 0 Å². The molecule has 0 heterocycles. The molecule has 2 unspecified atom stereocenters. The molecule has 0 fully saturated rings. The predicted octanol–water partition coefficient (Wildman–Crippen LogP) is 3.90. The van der Waals surface area contributed by atoms with Crippen molar-refractivity contribution >= 4 is 0 Å². The molecule has 2 heteroatoms. The van der Waals surface area contributed by atoms with Gasteiger partial charge in [0, 0.05) is 0 Å². The van der Waals surface area contributed by atoms with E-state index in [4.69, 9.17) is 5.11 Å². The molecule has 2 N–H and O–H groups in total. The van der Waals surface area contributed by atoms with Crippen molar-refractivity contribution in [2.75, 3.05) is 6.61 Å². The smallest absolute Gasteiger partial charge is 0.0799 e. The Labute approximate surface area is 107 Å². The van der Waals surface area contributed by atoms with Crippen LogP contribution in [0.5, 0.6) is 0 Å². The maximum atomic E-state index is 9.77. The summed E-state index contributed by atoms with van der Waals surface area (Å²) in [6, 6.07) is 0. The van der Waals surface area contributed by atoms with Gasteiger partial charge in [-0.05, 0) is 18.8 Å². The Balaban J connectivity index is 3.69. The first-order valence-corrected chi connectivity index (χ1v) is 7.55. The van der Waals surface area contributed by atoms with E-state index in [2.05, 4.69) is 13.8 Å². The molecular weight excluding hydrogens is 212 g/mol. The van der Waals surface area contributed by atoms with Crippen LogP contribution in [0.4, 0.5) is 0 Å². The highest BCUT2D eigenvalue weighted by Crippen LogP contribution is 2.21. The number of hydrogen-bond acceptors (Lipinski definition) is 2. The third-order valence-corrected chi connectivity index (χ3v) is 3.59. The summed E-state index contributed by atoms with van der Waals surface area (Å²) >= 11 is 0. The minimum absolute atomic E-state index is 0.0776. The van der Waals surface area contributed by atoms with Gasteiger partial charge in [0.2, 0.25) is 0 Å². The molecule has 0 bridgehead atoms. The minimum Gasteiger partial charge on any atom is -0.394 e. The maximum Gasteiger partial charge on any atom is 0.0799 e. The van der Waals surface area contributed by atoms with Crippen LogP contribution >= 0.6 is 0 Å². The molecule has 0 aromatic rings. The zero-order chi connectivity index (χ0) is 12.9. The molecule has 0 aliphatic heterocycles. The van der Waals surface area contributed by atoms with Crippen LogP contribution in [0.2, 0.25) is 0 Å². The monoisotopic (exact) mass is 244 g/mol. The zero-order valence-electron chi connectivity index (χ0n) is 11.8. The molecule has 0 spiro atoms. The van der Waals surface area contributed by atoms with Crippen molar-refractivity contribution in [3.63, 3.8) is 0 Å². The lowest BCUT2D eigenvalue weighted by atomic mass is 9.90. The molecule has 104 valence electrons. The van der Waals surface area contributed by atoms with Crippen molar-refractivity contribution in [3.05, 3.63) is 0 Å². The van der Waals surface area contributed by atoms with Crippen LogP contribution in [0.3, 0.4) is 0 Å². The van der Waals surface area contributed by atoms with Crippen molar-refractivity contribution in [2.24, 2.45) is 5.92 Å². The third kappa shape index (κ3) is 9.61.